The third-order valence-corrected chi connectivity index (χ3v) is 3.52. The summed E-state index contributed by atoms with van der Waals surface area (Å²) in [6.07, 6.45) is 2.03. The molecule has 4 nitrogen and oxygen atoms in total. The van der Waals surface area contributed by atoms with E-state index >= 15 is 0 Å². The van der Waals surface area contributed by atoms with Crippen molar-refractivity contribution in [3.05, 3.63) is 41.2 Å². The van der Waals surface area contributed by atoms with Crippen LogP contribution >= 0.6 is 0 Å². The maximum Gasteiger partial charge on any atom is 0.321 e. The Labute approximate surface area is 113 Å². The number of aromatic nitrogens is 2. The second-order valence-corrected chi connectivity index (χ2v) is 5.61. The van der Waals surface area contributed by atoms with Crippen LogP contribution in [0.15, 0.2) is 28.8 Å². The Bertz CT molecular complexity index is 537. The number of fused-ring (bicyclic) bond motifs is 1. The monoisotopic (exact) mass is 257 g/mol. The molecule has 3 rings (SSSR count). The molecule has 0 amide bonds. The van der Waals surface area contributed by atoms with Gasteiger partial charge < -0.3 is 9.84 Å². The minimum absolute atomic E-state index is 0.357. The molecule has 0 atom stereocenters. The zero-order valence-corrected chi connectivity index (χ0v) is 11.4. The number of hydrogen-bond donors (Lipinski definition) is 1. The lowest BCUT2D eigenvalue weighted by Gasteiger charge is -2.03. The topological polar surface area (TPSA) is 51.0 Å². The smallest absolute Gasteiger partial charge is 0.321 e. The van der Waals surface area contributed by atoms with Crippen LogP contribution in [0.25, 0.3) is 0 Å². The summed E-state index contributed by atoms with van der Waals surface area (Å²) < 4.78 is 5.25. The highest BCUT2D eigenvalue weighted by Crippen LogP contribution is 2.32. The van der Waals surface area contributed by atoms with Crippen molar-refractivity contribution >= 4 is 6.01 Å². The molecule has 1 aliphatic rings. The number of rotatable bonds is 4. The summed E-state index contributed by atoms with van der Waals surface area (Å²) in [6, 6.07) is 9.10. The summed E-state index contributed by atoms with van der Waals surface area (Å²) in [7, 11) is 0. The van der Waals surface area contributed by atoms with Crippen LogP contribution in [0, 0.1) is 5.92 Å². The molecule has 0 fully saturated rings. The molecular weight excluding hydrogens is 238 g/mol. The van der Waals surface area contributed by atoms with E-state index in [-0.39, 0.29) is 0 Å². The Morgan fingerprint density at radius 2 is 1.95 bits per heavy atom. The van der Waals surface area contributed by atoms with E-state index in [2.05, 4.69) is 53.6 Å². The van der Waals surface area contributed by atoms with Crippen LogP contribution in [0.4, 0.5) is 6.01 Å². The van der Waals surface area contributed by atoms with Crippen molar-refractivity contribution in [3.8, 4) is 0 Å². The predicted octanol–water partition coefficient (Wildman–Crippen LogP) is 3.02. The van der Waals surface area contributed by atoms with Gasteiger partial charge in [-0.25, -0.2) is 0 Å². The molecule has 100 valence electrons. The fourth-order valence-electron chi connectivity index (χ4n) is 2.51. The highest BCUT2D eigenvalue weighted by atomic mass is 16.5. The zero-order valence-electron chi connectivity index (χ0n) is 11.4. The van der Waals surface area contributed by atoms with Gasteiger partial charge >= 0.3 is 6.01 Å². The number of nitrogens with zero attached hydrogens (tertiary/aromatic N) is 2. The Morgan fingerprint density at radius 3 is 2.58 bits per heavy atom. The quantitative estimate of drug-likeness (QED) is 0.914. The van der Waals surface area contributed by atoms with Gasteiger partial charge in [0.05, 0.1) is 0 Å². The highest BCUT2D eigenvalue weighted by molar-refractivity contribution is 5.35. The van der Waals surface area contributed by atoms with Crippen LogP contribution < -0.4 is 5.32 Å². The third kappa shape index (κ3) is 2.62. The van der Waals surface area contributed by atoms with E-state index in [0.717, 1.165) is 25.2 Å². The van der Waals surface area contributed by atoms with Crippen LogP contribution in [0.2, 0.25) is 0 Å². The Hall–Kier alpha value is -1.84. The first kappa shape index (κ1) is 12.2. The first-order valence-electron chi connectivity index (χ1n) is 6.86. The number of nitrogens with one attached hydrogen (secondary N) is 1. The van der Waals surface area contributed by atoms with Gasteiger partial charge in [0.2, 0.25) is 0 Å². The molecule has 2 aromatic rings. The van der Waals surface area contributed by atoms with E-state index in [1.807, 2.05) is 0 Å². The van der Waals surface area contributed by atoms with E-state index in [4.69, 9.17) is 4.52 Å². The molecule has 19 heavy (non-hydrogen) atoms. The molecule has 0 spiro atoms. The van der Waals surface area contributed by atoms with E-state index in [9.17, 15) is 0 Å². The van der Waals surface area contributed by atoms with Gasteiger partial charge in [0.25, 0.3) is 0 Å². The number of hydrogen-bond acceptors (Lipinski definition) is 4. The van der Waals surface area contributed by atoms with Crippen molar-refractivity contribution in [3.63, 3.8) is 0 Å². The van der Waals surface area contributed by atoms with Gasteiger partial charge in [0, 0.05) is 12.5 Å². The van der Waals surface area contributed by atoms with Crippen LogP contribution in [0.3, 0.4) is 0 Å². The molecule has 0 saturated carbocycles. The van der Waals surface area contributed by atoms with Gasteiger partial charge in [-0.2, -0.15) is 4.98 Å². The molecule has 0 bridgehead atoms. The van der Waals surface area contributed by atoms with E-state index in [1.54, 1.807) is 0 Å². The fraction of sp³-hybridized carbons (Fsp3) is 0.467. The Kier molecular flexibility index (Phi) is 3.23. The lowest BCUT2D eigenvalue weighted by Crippen LogP contribution is -2.08. The first-order chi connectivity index (χ1) is 9.22. The van der Waals surface area contributed by atoms with Crippen LogP contribution in [-0.2, 0) is 12.8 Å². The SMILES string of the molecule is CC(C)CNc1nc(C2Cc3ccccc3C2)no1. The predicted molar refractivity (Wildman–Crippen MR) is 74.2 cm³/mol. The summed E-state index contributed by atoms with van der Waals surface area (Å²) in [5, 5.41) is 7.28. The van der Waals surface area contributed by atoms with Crippen molar-refractivity contribution in [2.75, 3.05) is 11.9 Å². The standard InChI is InChI=1S/C15H19N3O/c1-10(2)9-16-15-17-14(18-19-15)13-7-11-5-3-4-6-12(11)8-13/h3-6,10,13H,7-9H2,1-2H3,(H,16,17,18). The lowest BCUT2D eigenvalue weighted by atomic mass is 10.1. The van der Waals surface area contributed by atoms with Crippen LogP contribution in [-0.4, -0.2) is 16.7 Å². The minimum atomic E-state index is 0.357. The minimum Gasteiger partial charge on any atom is -0.338 e. The lowest BCUT2D eigenvalue weighted by molar-refractivity contribution is 0.414. The van der Waals surface area contributed by atoms with Crippen LogP contribution in [0.1, 0.15) is 36.7 Å². The van der Waals surface area contributed by atoms with Gasteiger partial charge in [-0.05, 0) is 29.9 Å². The second kappa shape index (κ2) is 5.03. The summed E-state index contributed by atoms with van der Waals surface area (Å²) in [4.78, 5) is 4.46. The number of anilines is 1. The molecule has 0 saturated heterocycles. The molecule has 1 aromatic heterocycles. The zero-order chi connectivity index (χ0) is 13.2. The summed E-state index contributed by atoms with van der Waals surface area (Å²) in [5.74, 6) is 1.74. The van der Waals surface area contributed by atoms with Crippen molar-refractivity contribution < 1.29 is 4.52 Å². The molecular formula is C15H19N3O. The van der Waals surface area contributed by atoms with Crippen molar-refractivity contribution in [1.29, 1.82) is 0 Å². The van der Waals surface area contributed by atoms with Crippen molar-refractivity contribution in [1.82, 2.24) is 10.1 Å². The molecule has 1 aromatic carbocycles. The van der Waals surface area contributed by atoms with Crippen LogP contribution in [0.5, 0.6) is 0 Å². The Morgan fingerprint density at radius 1 is 1.26 bits per heavy atom. The summed E-state index contributed by atoms with van der Waals surface area (Å²) in [5.41, 5.74) is 2.82. The van der Waals surface area contributed by atoms with Crippen molar-refractivity contribution in [2.24, 2.45) is 5.92 Å². The van der Waals surface area contributed by atoms with E-state index in [0.29, 0.717) is 17.9 Å². The van der Waals surface area contributed by atoms with Gasteiger partial charge in [-0.1, -0.05) is 43.3 Å². The van der Waals surface area contributed by atoms with Gasteiger partial charge in [-0.3, -0.25) is 0 Å². The first-order valence-corrected chi connectivity index (χ1v) is 6.86. The molecule has 0 radical (unpaired) electrons. The van der Waals surface area contributed by atoms with Gasteiger partial charge in [0.1, 0.15) is 0 Å². The third-order valence-electron chi connectivity index (χ3n) is 3.52. The average molecular weight is 257 g/mol. The van der Waals surface area contributed by atoms with Gasteiger partial charge in [-0.15, -0.1) is 0 Å². The molecule has 1 aliphatic carbocycles. The summed E-state index contributed by atoms with van der Waals surface area (Å²) >= 11 is 0. The molecule has 0 unspecified atom stereocenters. The maximum atomic E-state index is 5.25. The number of benzene rings is 1. The molecule has 1 heterocycles. The molecule has 4 heteroatoms. The normalized spacial score (nSPS) is 14.9. The van der Waals surface area contributed by atoms with Crippen molar-refractivity contribution in [2.45, 2.75) is 32.6 Å². The maximum absolute atomic E-state index is 5.25. The van der Waals surface area contributed by atoms with E-state index < -0.39 is 0 Å². The molecule has 0 aliphatic heterocycles. The second-order valence-electron chi connectivity index (χ2n) is 5.61. The summed E-state index contributed by atoms with van der Waals surface area (Å²) in [6.45, 7) is 5.16. The highest BCUT2D eigenvalue weighted by Gasteiger charge is 2.26. The molecule has 1 N–H and O–H groups in total. The van der Waals surface area contributed by atoms with E-state index in [1.165, 1.54) is 11.1 Å². The Balaban J connectivity index is 1.68. The largest absolute Gasteiger partial charge is 0.338 e. The average Bonchev–Trinajstić information content (AvgIpc) is 3.02. The van der Waals surface area contributed by atoms with Gasteiger partial charge in [0.15, 0.2) is 5.82 Å². The fourth-order valence-corrected chi connectivity index (χ4v) is 2.51.